The van der Waals surface area contributed by atoms with Crippen LogP contribution in [0, 0.1) is 0 Å². The number of fused-ring (bicyclic) bond motifs is 2. The third-order valence-corrected chi connectivity index (χ3v) is 6.07. The Kier molecular flexibility index (Phi) is 3.91. The lowest BCUT2D eigenvalue weighted by Gasteiger charge is -2.35. The first-order chi connectivity index (χ1) is 13.7. The molecule has 0 aliphatic carbocycles. The molecule has 28 heavy (non-hydrogen) atoms. The zero-order chi connectivity index (χ0) is 19.1. The summed E-state index contributed by atoms with van der Waals surface area (Å²) in [4.78, 5) is 12.4. The van der Waals surface area contributed by atoms with Crippen LogP contribution in [0.4, 0.5) is 0 Å². The fourth-order valence-electron chi connectivity index (χ4n) is 4.40. The lowest BCUT2D eigenvalue weighted by molar-refractivity contribution is -0.124. The average molecular weight is 370 g/mol. The van der Waals surface area contributed by atoms with Crippen LogP contribution in [0.3, 0.4) is 0 Å². The van der Waals surface area contributed by atoms with Gasteiger partial charge in [0, 0.05) is 10.9 Å². The summed E-state index contributed by atoms with van der Waals surface area (Å²) in [6.07, 6.45) is 1.44. The summed E-state index contributed by atoms with van der Waals surface area (Å²) in [6, 6.07) is 20.8. The number of carbonyl (C=O) groups is 1. The van der Waals surface area contributed by atoms with Crippen LogP contribution < -0.4 is 11.1 Å². The van der Waals surface area contributed by atoms with Crippen molar-refractivity contribution in [1.82, 2.24) is 15.5 Å². The van der Waals surface area contributed by atoms with Crippen LogP contribution in [0.15, 0.2) is 60.7 Å². The molecule has 4 N–H and O–H groups in total. The van der Waals surface area contributed by atoms with Crippen molar-refractivity contribution in [2.45, 2.75) is 18.3 Å². The van der Waals surface area contributed by atoms with Crippen LogP contribution in [0.2, 0.25) is 0 Å². The fourth-order valence-corrected chi connectivity index (χ4v) is 4.40. The van der Waals surface area contributed by atoms with Crippen LogP contribution in [-0.2, 0) is 10.2 Å². The van der Waals surface area contributed by atoms with Crippen molar-refractivity contribution < 1.29 is 4.79 Å². The molecule has 4 aromatic rings. The highest BCUT2D eigenvalue weighted by Gasteiger charge is 2.39. The molecule has 5 rings (SSSR count). The Morgan fingerprint density at radius 1 is 0.964 bits per heavy atom. The number of rotatable bonds is 3. The molecular weight excluding hydrogens is 348 g/mol. The Hall–Kier alpha value is -3.18. The van der Waals surface area contributed by atoms with Crippen LogP contribution >= 0.6 is 0 Å². The molecule has 5 heteroatoms. The molecule has 2 heterocycles. The summed E-state index contributed by atoms with van der Waals surface area (Å²) < 4.78 is 0. The van der Waals surface area contributed by atoms with E-state index >= 15 is 0 Å². The molecule has 0 saturated carbocycles. The summed E-state index contributed by atoms with van der Waals surface area (Å²) in [6.45, 7) is 1.59. The van der Waals surface area contributed by atoms with Crippen molar-refractivity contribution in [3.05, 3.63) is 66.2 Å². The number of carbonyl (C=O) groups excluding carboxylic acids is 1. The van der Waals surface area contributed by atoms with E-state index in [1.54, 1.807) is 0 Å². The van der Waals surface area contributed by atoms with Crippen LogP contribution in [0.1, 0.15) is 18.4 Å². The second-order valence-electron chi connectivity index (χ2n) is 7.59. The van der Waals surface area contributed by atoms with Gasteiger partial charge in [0.1, 0.15) is 0 Å². The quantitative estimate of drug-likeness (QED) is 0.516. The molecule has 1 fully saturated rings. The van der Waals surface area contributed by atoms with Crippen LogP contribution in [0.25, 0.3) is 32.9 Å². The van der Waals surface area contributed by atoms with Crippen LogP contribution in [0.5, 0.6) is 0 Å². The molecule has 1 aromatic heterocycles. The highest BCUT2D eigenvalue weighted by Crippen LogP contribution is 2.37. The summed E-state index contributed by atoms with van der Waals surface area (Å²) >= 11 is 0. The van der Waals surface area contributed by atoms with E-state index in [4.69, 9.17) is 5.73 Å². The predicted octanol–water partition coefficient (Wildman–Crippen LogP) is 3.49. The molecule has 0 atom stereocenters. The molecule has 0 radical (unpaired) electrons. The van der Waals surface area contributed by atoms with E-state index in [0.29, 0.717) is 0 Å². The van der Waals surface area contributed by atoms with Gasteiger partial charge in [-0.05, 0) is 60.5 Å². The lowest BCUT2D eigenvalue weighted by Crippen LogP contribution is -2.48. The lowest BCUT2D eigenvalue weighted by atomic mass is 9.72. The first-order valence-electron chi connectivity index (χ1n) is 9.66. The van der Waals surface area contributed by atoms with E-state index in [-0.39, 0.29) is 5.91 Å². The number of hydrogen-bond donors (Lipinski definition) is 3. The SMILES string of the molecule is NC(=O)C1(c2ccc3[nH]nc(-c4ccc5ccccc5c4)c3c2)CCNCC1. The molecule has 140 valence electrons. The topological polar surface area (TPSA) is 83.8 Å². The van der Waals surface area contributed by atoms with E-state index in [1.165, 1.54) is 10.8 Å². The number of hydrogen-bond acceptors (Lipinski definition) is 3. The van der Waals surface area contributed by atoms with Crippen molar-refractivity contribution in [2.24, 2.45) is 5.73 Å². The second kappa shape index (κ2) is 6.46. The molecule has 0 unspecified atom stereocenters. The smallest absolute Gasteiger partial charge is 0.228 e. The van der Waals surface area contributed by atoms with E-state index in [2.05, 4.69) is 51.9 Å². The van der Waals surface area contributed by atoms with Gasteiger partial charge in [0.15, 0.2) is 0 Å². The maximum atomic E-state index is 12.4. The molecule has 1 amide bonds. The van der Waals surface area contributed by atoms with E-state index < -0.39 is 5.41 Å². The number of aromatic amines is 1. The van der Waals surface area contributed by atoms with E-state index in [0.717, 1.165) is 53.7 Å². The maximum Gasteiger partial charge on any atom is 0.228 e. The first-order valence-corrected chi connectivity index (χ1v) is 9.66. The molecule has 1 aliphatic rings. The first kappa shape index (κ1) is 17.0. The summed E-state index contributed by atoms with van der Waals surface area (Å²) in [5, 5.41) is 14.4. The largest absolute Gasteiger partial charge is 0.369 e. The zero-order valence-electron chi connectivity index (χ0n) is 15.5. The molecule has 0 bridgehead atoms. The van der Waals surface area contributed by atoms with E-state index in [9.17, 15) is 4.79 Å². The minimum Gasteiger partial charge on any atom is -0.369 e. The number of H-pyrrole nitrogens is 1. The third kappa shape index (κ3) is 2.59. The number of aromatic nitrogens is 2. The Balaban J connectivity index is 1.66. The third-order valence-electron chi connectivity index (χ3n) is 6.07. The number of benzene rings is 3. The average Bonchev–Trinajstić information content (AvgIpc) is 3.17. The Labute approximate surface area is 162 Å². The molecule has 1 aliphatic heterocycles. The van der Waals surface area contributed by atoms with E-state index in [1.807, 2.05) is 24.3 Å². The fraction of sp³-hybridized carbons (Fsp3) is 0.217. The summed E-state index contributed by atoms with van der Waals surface area (Å²) in [7, 11) is 0. The van der Waals surface area contributed by atoms with Gasteiger partial charge in [-0.1, -0.05) is 42.5 Å². The van der Waals surface area contributed by atoms with Crippen molar-refractivity contribution >= 4 is 27.6 Å². The number of nitrogens with two attached hydrogens (primary N) is 1. The van der Waals surface area contributed by atoms with Gasteiger partial charge in [-0.2, -0.15) is 5.10 Å². The Bertz CT molecular complexity index is 1190. The monoisotopic (exact) mass is 370 g/mol. The summed E-state index contributed by atoms with van der Waals surface area (Å²) in [5.74, 6) is -0.246. The second-order valence-corrected chi connectivity index (χ2v) is 7.59. The number of amides is 1. The number of piperidine rings is 1. The maximum absolute atomic E-state index is 12.4. The number of nitrogens with zero attached hydrogens (tertiary/aromatic N) is 1. The van der Waals surface area contributed by atoms with Gasteiger partial charge >= 0.3 is 0 Å². The summed E-state index contributed by atoms with van der Waals surface area (Å²) in [5.41, 5.74) is 9.16. The zero-order valence-corrected chi connectivity index (χ0v) is 15.5. The molecule has 5 nitrogen and oxygen atoms in total. The molecule has 3 aromatic carbocycles. The van der Waals surface area contributed by atoms with Crippen molar-refractivity contribution in [3.8, 4) is 11.3 Å². The highest BCUT2D eigenvalue weighted by molar-refractivity contribution is 5.97. The number of nitrogens with one attached hydrogen (secondary N) is 2. The molecule has 0 spiro atoms. The Morgan fingerprint density at radius 2 is 1.75 bits per heavy atom. The number of primary amides is 1. The van der Waals surface area contributed by atoms with Gasteiger partial charge < -0.3 is 11.1 Å². The Morgan fingerprint density at radius 3 is 2.54 bits per heavy atom. The minimum atomic E-state index is -0.614. The molecular formula is C23H22N4O. The highest BCUT2D eigenvalue weighted by atomic mass is 16.1. The van der Waals surface area contributed by atoms with Gasteiger partial charge in [-0.25, -0.2) is 0 Å². The van der Waals surface area contributed by atoms with Crippen LogP contribution in [-0.4, -0.2) is 29.2 Å². The van der Waals surface area contributed by atoms with Gasteiger partial charge in [0.2, 0.25) is 5.91 Å². The van der Waals surface area contributed by atoms with Crippen molar-refractivity contribution in [3.63, 3.8) is 0 Å². The minimum absolute atomic E-state index is 0.246. The van der Waals surface area contributed by atoms with Gasteiger partial charge in [-0.15, -0.1) is 0 Å². The van der Waals surface area contributed by atoms with Crippen molar-refractivity contribution in [1.29, 1.82) is 0 Å². The molecule has 1 saturated heterocycles. The standard InChI is InChI=1S/C23H22N4O/c24-22(28)23(9-11-25-12-10-23)18-7-8-20-19(14-18)21(27-26-20)17-6-5-15-3-1-2-4-16(15)13-17/h1-8,13-14,25H,9-12H2,(H2,24,28)(H,26,27). The predicted molar refractivity (Wildman–Crippen MR) is 112 cm³/mol. The normalized spacial score (nSPS) is 16.4. The van der Waals surface area contributed by atoms with Gasteiger partial charge in [0.05, 0.1) is 16.6 Å². The van der Waals surface area contributed by atoms with Crippen molar-refractivity contribution in [2.75, 3.05) is 13.1 Å². The van der Waals surface area contributed by atoms with Gasteiger partial charge in [-0.3, -0.25) is 9.89 Å². The van der Waals surface area contributed by atoms with Gasteiger partial charge in [0.25, 0.3) is 0 Å².